The molecule has 0 fully saturated rings. The zero-order chi connectivity index (χ0) is 22.1. The number of ether oxygens (including phenoxy) is 2. The van der Waals surface area contributed by atoms with E-state index in [2.05, 4.69) is 36.1 Å². The van der Waals surface area contributed by atoms with Gasteiger partial charge in [0.15, 0.2) is 0 Å². The molecule has 0 aliphatic carbocycles. The predicted molar refractivity (Wildman–Crippen MR) is 118 cm³/mol. The van der Waals surface area contributed by atoms with E-state index in [4.69, 9.17) is 9.47 Å². The fraction of sp³-hybridized carbons (Fsp3) is 0.440. The van der Waals surface area contributed by atoms with Crippen LogP contribution < -0.4 is 0 Å². The van der Waals surface area contributed by atoms with E-state index in [-0.39, 0.29) is 24.7 Å². The number of hydrogen-bond donors (Lipinski definition) is 0. The Labute approximate surface area is 180 Å². The van der Waals surface area contributed by atoms with Crippen molar-refractivity contribution in [2.75, 3.05) is 13.7 Å². The minimum absolute atomic E-state index is 0.0305. The van der Waals surface area contributed by atoms with Crippen LogP contribution in [0.4, 0.5) is 0 Å². The second-order valence-corrected chi connectivity index (χ2v) is 7.57. The summed E-state index contributed by atoms with van der Waals surface area (Å²) in [6.07, 6.45) is 0. The highest BCUT2D eigenvalue weighted by molar-refractivity contribution is 5.82. The average molecular weight is 412 g/mol. The minimum Gasteiger partial charge on any atom is -0.469 e. The number of nitrogens with zero attached hydrogens (tertiary/aromatic N) is 1. The molecular formula is C25H33NO4. The average Bonchev–Trinajstić information content (AvgIpc) is 2.78. The Morgan fingerprint density at radius 2 is 1.47 bits per heavy atom. The molecule has 2 aromatic carbocycles. The number of esters is 2. The summed E-state index contributed by atoms with van der Waals surface area (Å²) in [7, 11) is 1.36. The van der Waals surface area contributed by atoms with E-state index < -0.39 is 17.8 Å². The third kappa shape index (κ3) is 5.92. The Kier molecular flexibility index (Phi) is 9.06. The van der Waals surface area contributed by atoms with Crippen molar-refractivity contribution in [1.29, 1.82) is 0 Å². The van der Waals surface area contributed by atoms with Crippen molar-refractivity contribution in [2.24, 2.45) is 11.8 Å². The van der Waals surface area contributed by atoms with Gasteiger partial charge in [-0.05, 0) is 31.9 Å². The van der Waals surface area contributed by atoms with E-state index in [0.29, 0.717) is 6.54 Å². The lowest BCUT2D eigenvalue weighted by Gasteiger charge is -2.39. The van der Waals surface area contributed by atoms with Gasteiger partial charge in [0, 0.05) is 18.6 Å². The first-order valence-corrected chi connectivity index (χ1v) is 10.5. The highest BCUT2D eigenvalue weighted by Crippen LogP contribution is 2.31. The fourth-order valence-corrected chi connectivity index (χ4v) is 3.93. The first-order valence-electron chi connectivity index (χ1n) is 10.5. The minimum atomic E-state index is -0.649. The van der Waals surface area contributed by atoms with Gasteiger partial charge in [0.1, 0.15) is 0 Å². The van der Waals surface area contributed by atoms with Crippen LogP contribution in [0.1, 0.15) is 44.9 Å². The molecule has 162 valence electrons. The van der Waals surface area contributed by atoms with Gasteiger partial charge < -0.3 is 9.47 Å². The molecule has 0 amide bonds. The van der Waals surface area contributed by atoms with Gasteiger partial charge in [-0.2, -0.15) is 0 Å². The van der Waals surface area contributed by atoms with Crippen molar-refractivity contribution in [3.05, 3.63) is 71.8 Å². The molecule has 0 bridgehead atoms. The largest absolute Gasteiger partial charge is 0.469 e. The van der Waals surface area contributed by atoms with Crippen molar-refractivity contribution < 1.29 is 19.1 Å². The van der Waals surface area contributed by atoms with Crippen molar-refractivity contribution >= 4 is 11.9 Å². The molecule has 1 unspecified atom stereocenters. The van der Waals surface area contributed by atoms with Crippen LogP contribution in [-0.4, -0.2) is 36.6 Å². The second-order valence-electron chi connectivity index (χ2n) is 7.57. The Bertz CT molecular complexity index is 793. The third-order valence-corrected chi connectivity index (χ3v) is 5.70. The zero-order valence-corrected chi connectivity index (χ0v) is 18.6. The summed E-state index contributed by atoms with van der Waals surface area (Å²) in [6.45, 7) is 8.53. The van der Waals surface area contributed by atoms with Crippen LogP contribution in [0.15, 0.2) is 60.7 Å². The van der Waals surface area contributed by atoms with Gasteiger partial charge in [-0.15, -0.1) is 0 Å². The van der Waals surface area contributed by atoms with Crippen molar-refractivity contribution in [2.45, 2.75) is 46.3 Å². The molecule has 30 heavy (non-hydrogen) atoms. The molecule has 0 N–H and O–H groups in total. The van der Waals surface area contributed by atoms with Crippen LogP contribution in [0.5, 0.6) is 0 Å². The van der Waals surface area contributed by atoms with Gasteiger partial charge in [0.25, 0.3) is 0 Å². The Morgan fingerprint density at radius 1 is 0.900 bits per heavy atom. The van der Waals surface area contributed by atoms with Gasteiger partial charge in [0.2, 0.25) is 0 Å². The summed E-state index contributed by atoms with van der Waals surface area (Å²) in [6, 6.07) is 20.1. The van der Waals surface area contributed by atoms with Gasteiger partial charge in [0.05, 0.1) is 25.6 Å². The monoisotopic (exact) mass is 411 g/mol. The van der Waals surface area contributed by atoms with E-state index in [9.17, 15) is 9.59 Å². The quantitative estimate of drug-likeness (QED) is 0.534. The molecule has 0 aliphatic heterocycles. The van der Waals surface area contributed by atoms with Gasteiger partial charge in [-0.1, -0.05) is 67.6 Å². The number of methoxy groups -OCH3 is 1. The highest BCUT2D eigenvalue weighted by Gasteiger charge is 2.40. The van der Waals surface area contributed by atoms with E-state index in [1.54, 1.807) is 13.8 Å². The summed E-state index contributed by atoms with van der Waals surface area (Å²) >= 11 is 0. The van der Waals surface area contributed by atoms with Crippen molar-refractivity contribution in [1.82, 2.24) is 4.90 Å². The summed E-state index contributed by atoms with van der Waals surface area (Å²) in [5.41, 5.74) is 2.28. The van der Waals surface area contributed by atoms with Crippen LogP contribution in [-0.2, 0) is 25.6 Å². The molecule has 5 nitrogen and oxygen atoms in total. The molecule has 2 rings (SSSR count). The topological polar surface area (TPSA) is 55.8 Å². The maximum atomic E-state index is 12.8. The predicted octanol–water partition coefficient (Wildman–Crippen LogP) is 4.63. The van der Waals surface area contributed by atoms with E-state index in [0.717, 1.165) is 11.1 Å². The lowest BCUT2D eigenvalue weighted by atomic mass is 9.85. The molecule has 4 atom stereocenters. The standard InChI is InChI=1S/C25H33NO4/c1-6-30-24(27)18(2)23(25(28)29-5)20(4)26(17-21-13-9-7-10-14-21)19(3)22-15-11-8-12-16-22/h7-16,18-20,23H,6,17H2,1-5H3/t18-,19+,20?,23+/m1/s1. The Hall–Kier alpha value is -2.66. The first kappa shape index (κ1) is 23.6. The third-order valence-electron chi connectivity index (χ3n) is 5.70. The zero-order valence-electron chi connectivity index (χ0n) is 18.6. The Balaban J connectivity index is 2.42. The van der Waals surface area contributed by atoms with Crippen LogP contribution in [0.2, 0.25) is 0 Å². The summed E-state index contributed by atoms with van der Waals surface area (Å²) in [5.74, 6) is -2.05. The summed E-state index contributed by atoms with van der Waals surface area (Å²) in [4.78, 5) is 27.5. The molecule has 5 heteroatoms. The maximum Gasteiger partial charge on any atom is 0.311 e. The van der Waals surface area contributed by atoms with Crippen molar-refractivity contribution in [3.8, 4) is 0 Å². The number of rotatable bonds is 10. The van der Waals surface area contributed by atoms with Crippen LogP contribution in [0.25, 0.3) is 0 Å². The number of hydrogen-bond acceptors (Lipinski definition) is 5. The molecule has 0 heterocycles. The number of benzene rings is 2. The van der Waals surface area contributed by atoms with E-state index in [1.165, 1.54) is 7.11 Å². The highest BCUT2D eigenvalue weighted by atomic mass is 16.5. The first-order chi connectivity index (χ1) is 14.4. The van der Waals surface area contributed by atoms with Crippen LogP contribution >= 0.6 is 0 Å². The maximum absolute atomic E-state index is 12.8. The fourth-order valence-electron chi connectivity index (χ4n) is 3.93. The molecule has 0 saturated heterocycles. The molecule has 0 spiro atoms. The smallest absolute Gasteiger partial charge is 0.311 e. The van der Waals surface area contributed by atoms with Gasteiger partial charge in [-0.25, -0.2) is 0 Å². The SMILES string of the molecule is CCOC(=O)[C@H](C)[C@H](C(=O)OC)C(C)N(Cc1ccccc1)[C@@H](C)c1ccccc1. The van der Waals surface area contributed by atoms with Crippen LogP contribution in [0.3, 0.4) is 0 Å². The van der Waals surface area contributed by atoms with Gasteiger partial charge >= 0.3 is 11.9 Å². The normalized spacial score (nSPS) is 15.1. The molecule has 0 aromatic heterocycles. The lowest BCUT2D eigenvalue weighted by molar-refractivity contribution is -0.161. The molecule has 2 aromatic rings. The van der Waals surface area contributed by atoms with Crippen LogP contribution in [0, 0.1) is 11.8 Å². The van der Waals surface area contributed by atoms with E-state index in [1.807, 2.05) is 43.3 Å². The molecule has 0 aliphatic rings. The molecule has 0 saturated carbocycles. The molecular weight excluding hydrogens is 378 g/mol. The summed E-state index contributed by atoms with van der Waals surface area (Å²) in [5, 5.41) is 0. The van der Waals surface area contributed by atoms with E-state index >= 15 is 0 Å². The van der Waals surface area contributed by atoms with Crippen molar-refractivity contribution in [3.63, 3.8) is 0 Å². The number of carbonyl (C=O) groups is 2. The summed E-state index contributed by atoms with van der Waals surface area (Å²) < 4.78 is 10.3. The second kappa shape index (κ2) is 11.5. The van der Waals surface area contributed by atoms with Gasteiger partial charge in [-0.3, -0.25) is 14.5 Å². The lowest BCUT2D eigenvalue weighted by Crippen LogP contribution is -2.47. The Morgan fingerprint density at radius 3 is 2.00 bits per heavy atom. The molecule has 0 radical (unpaired) electrons. The number of carbonyl (C=O) groups excluding carboxylic acids is 2.